The van der Waals surface area contributed by atoms with Gasteiger partial charge < -0.3 is 20.3 Å². The summed E-state index contributed by atoms with van der Waals surface area (Å²) in [6.45, 7) is 4.91. The zero-order chi connectivity index (χ0) is 45.1. The van der Waals surface area contributed by atoms with Gasteiger partial charge in [-0.05, 0) is 51.4 Å². The Labute approximate surface area is 387 Å². The highest BCUT2D eigenvalue weighted by atomic mass is 16.5. The predicted molar refractivity (Wildman–Crippen MR) is 269 cm³/mol. The number of esters is 1. The van der Waals surface area contributed by atoms with Crippen LogP contribution < -0.4 is 5.32 Å². The minimum Gasteiger partial charge on any atom is -0.466 e. The lowest BCUT2D eigenvalue weighted by molar-refractivity contribution is -0.143. The third-order valence-corrected chi connectivity index (χ3v) is 13.1. The number of hydrogen-bond acceptors (Lipinski definition) is 5. The van der Waals surface area contributed by atoms with Gasteiger partial charge in [0.05, 0.1) is 25.4 Å². The van der Waals surface area contributed by atoms with Gasteiger partial charge in [0.25, 0.3) is 0 Å². The molecule has 2 unspecified atom stereocenters. The number of ether oxygens (including phenoxy) is 1. The number of hydrogen-bond donors (Lipinski definition) is 3. The van der Waals surface area contributed by atoms with Crippen LogP contribution in [0.25, 0.3) is 0 Å². The van der Waals surface area contributed by atoms with E-state index in [0.717, 1.165) is 44.9 Å². The third-order valence-electron chi connectivity index (χ3n) is 13.1. The Morgan fingerprint density at radius 2 is 0.758 bits per heavy atom. The van der Waals surface area contributed by atoms with Crippen LogP contribution in [0.3, 0.4) is 0 Å². The van der Waals surface area contributed by atoms with Crippen LogP contribution in [0.15, 0.2) is 12.2 Å². The van der Waals surface area contributed by atoms with Crippen LogP contribution >= 0.6 is 0 Å². The fraction of sp³-hybridized carbons (Fsp3) is 0.929. The van der Waals surface area contributed by atoms with E-state index in [1.165, 1.54) is 231 Å². The number of amides is 1. The molecule has 6 heteroatoms. The highest BCUT2D eigenvalue weighted by Gasteiger charge is 2.20. The first-order valence-electron chi connectivity index (χ1n) is 27.9. The Hall–Kier alpha value is -1.40. The summed E-state index contributed by atoms with van der Waals surface area (Å²) in [6.07, 6.45) is 60.7. The van der Waals surface area contributed by atoms with E-state index in [1.807, 2.05) is 0 Å². The molecule has 0 heterocycles. The monoisotopic (exact) mass is 876 g/mol. The molecule has 0 bridgehead atoms. The Morgan fingerprint density at radius 1 is 0.435 bits per heavy atom. The highest BCUT2D eigenvalue weighted by molar-refractivity contribution is 5.76. The molecule has 62 heavy (non-hydrogen) atoms. The summed E-state index contributed by atoms with van der Waals surface area (Å²) in [5.41, 5.74) is 0. The maximum Gasteiger partial charge on any atom is 0.305 e. The van der Waals surface area contributed by atoms with Gasteiger partial charge >= 0.3 is 5.97 Å². The molecule has 3 N–H and O–H groups in total. The zero-order valence-electron chi connectivity index (χ0n) is 41.9. The van der Waals surface area contributed by atoms with Crippen molar-refractivity contribution in [3.63, 3.8) is 0 Å². The van der Waals surface area contributed by atoms with E-state index in [-0.39, 0.29) is 18.5 Å². The quantitative estimate of drug-likeness (QED) is 0.0321. The number of rotatable bonds is 52. The first-order chi connectivity index (χ1) is 30.5. The molecule has 0 saturated heterocycles. The summed E-state index contributed by atoms with van der Waals surface area (Å²) >= 11 is 0. The number of nitrogens with one attached hydrogen (secondary N) is 1. The minimum absolute atomic E-state index is 0.00537. The molecule has 2 atom stereocenters. The molecular formula is C56H109NO5. The van der Waals surface area contributed by atoms with Crippen molar-refractivity contribution in [2.75, 3.05) is 13.2 Å². The van der Waals surface area contributed by atoms with E-state index in [2.05, 4.69) is 31.3 Å². The first-order valence-corrected chi connectivity index (χ1v) is 27.9. The number of carbonyl (C=O) groups is 2. The predicted octanol–water partition coefficient (Wildman–Crippen LogP) is 16.9. The van der Waals surface area contributed by atoms with E-state index >= 15 is 0 Å². The van der Waals surface area contributed by atoms with Crippen LogP contribution in [0.1, 0.15) is 309 Å². The molecule has 0 fully saturated rings. The Bertz CT molecular complexity index is 924. The molecule has 0 aliphatic heterocycles. The topological polar surface area (TPSA) is 95.9 Å². The average molecular weight is 876 g/mol. The van der Waals surface area contributed by atoms with Gasteiger partial charge in [0.15, 0.2) is 0 Å². The molecule has 0 saturated carbocycles. The third kappa shape index (κ3) is 48.1. The molecule has 0 aromatic carbocycles. The molecule has 0 aromatic heterocycles. The Kier molecular flexibility index (Phi) is 51.0. The van der Waals surface area contributed by atoms with Crippen molar-refractivity contribution in [1.29, 1.82) is 0 Å². The highest BCUT2D eigenvalue weighted by Crippen LogP contribution is 2.17. The second kappa shape index (κ2) is 52.2. The van der Waals surface area contributed by atoms with Gasteiger partial charge in [-0.3, -0.25) is 9.59 Å². The number of carbonyl (C=O) groups excluding carboxylic acids is 2. The van der Waals surface area contributed by atoms with Crippen LogP contribution in [0.4, 0.5) is 0 Å². The van der Waals surface area contributed by atoms with Crippen molar-refractivity contribution >= 4 is 11.9 Å². The summed E-state index contributed by atoms with van der Waals surface area (Å²) < 4.78 is 5.46. The van der Waals surface area contributed by atoms with E-state index in [4.69, 9.17) is 4.74 Å². The molecule has 0 aliphatic carbocycles. The number of aliphatic hydroxyl groups is 2. The van der Waals surface area contributed by atoms with Crippen molar-refractivity contribution in [2.45, 2.75) is 321 Å². The van der Waals surface area contributed by atoms with E-state index in [9.17, 15) is 19.8 Å². The normalized spacial score (nSPS) is 12.6. The lowest BCUT2D eigenvalue weighted by atomic mass is 10.0. The van der Waals surface area contributed by atoms with Crippen LogP contribution in [-0.4, -0.2) is 47.4 Å². The smallest absolute Gasteiger partial charge is 0.305 e. The van der Waals surface area contributed by atoms with Gasteiger partial charge in [0.2, 0.25) is 5.91 Å². The van der Waals surface area contributed by atoms with Gasteiger partial charge in [0.1, 0.15) is 0 Å². The standard InChI is InChI=1S/C56H109NO5/c1-3-5-7-9-11-13-14-30-34-38-42-46-50-56(61)62-51-47-43-39-35-31-28-26-24-22-20-18-16-15-17-19-21-23-25-27-29-33-37-41-45-49-55(60)57-53(52-58)54(59)48-44-40-36-32-12-10-8-6-4-2/h11,13,53-54,58-59H,3-10,12,14-52H2,1-2H3,(H,57,60)/b13-11-. The second-order valence-electron chi connectivity index (χ2n) is 19.3. The first kappa shape index (κ1) is 60.6. The summed E-state index contributed by atoms with van der Waals surface area (Å²) in [4.78, 5) is 24.4. The molecule has 0 rings (SSSR count). The molecule has 0 radical (unpaired) electrons. The van der Waals surface area contributed by atoms with E-state index in [0.29, 0.717) is 25.9 Å². The molecule has 368 valence electrons. The Morgan fingerprint density at radius 3 is 1.18 bits per heavy atom. The largest absolute Gasteiger partial charge is 0.466 e. The van der Waals surface area contributed by atoms with Gasteiger partial charge in [-0.25, -0.2) is 0 Å². The molecule has 6 nitrogen and oxygen atoms in total. The van der Waals surface area contributed by atoms with E-state index in [1.54, 1.807) is 0 Å². The summed E-state index contributed by atoms with van der Waals surface area (Å²) in [7, 11) is 0. The average Bonchev–Trinajstić information content (AvgIpc) is 3.27. The SMILES string of the molecule is CCCCC/C=C\CCCCCCCC(=O)OCCCCCCCCCCCCCCCCCCCCCCCCCCC(=O)NC(CO)C(O)CCCCCCCCCCC. The second-order valence-corrected chi connectivity index (χ2v) is 19.3. The summed E-state index contributed by atoms with van der Waals surface area (Å²) in [5, 5.41) is 23.1. The molecule has 0 spiro atoms. The maximum absolute atomic E-state index is 12.4. The lowest BCUT2D eigenvalue weighted by Crippen LogP contribution is -2.45. The summed E-state index contributed by atoms with van der Waals surface area (Å²) in [5.74, 6) is -0.0301. The van der Waals surface area contributed by atoms with E-state index < -0.39 is 12.1 Å². The number of unbranched alkanes of at least 4 members (excludes halogenated alkanes) is 39. The molecular weight excluding hydrogens is 767 g/mol. The van der Waals surface area contributed by atoms with Gasteiger partial charge in [0, 0.05) is 12.8 Å². The number of allylic oxidation sites excluding steroid dienone is 2. The van der Waals surface area contributed by atoms with Crippen molar-refractivity contribution < 1.29 is 24.5 Å². The van der Waals surface area contributed by atoms with Gasteiger partial charge in [-0.1, -0.05) is 257 Å². The number of aliphatic hydroxyl groups excluding tert-OH is 2. The molecule has 1 amide bonds. The Balaban J connectivity index is 3.33. The fourth-order valence-corrected chi connectivity index (χ4v) is 8.75. The fourth-order valence-electron chi connectivity index (χ4n) is 8.75. The minimum atomic E-state index is -0.660. The van der Waals surface area contributed by atoms with Crippen LogP contribution in [-0.2, 0) is 14.3 Å². The zero-order valence-corrected chi connectivity index (χ0v) is 41.9. The van der Waals surface area contributed by atoms with Crippen molar-refractivity contribution in [1.82, 2.24) is 5.32 Å². The summed E-state index contributed by atoms with van der Waals surface area (Å²) in [6, 6.07) is -0.537. The van der Waals surface area contributed by atoms with Crippen LogP contribution in [0.5, 0.6) is 0 Å². The van der Waals surface area contributed by atoms with Crippen LogP contribution in [0, 0.1) is 0 Å². The molecule has 0 aromatic rings. The van der Waals surface area contributed by atoms with Crippen molar-refractivity contribution in [3.8, 4) is 0 Å². The molecule has 0 aliphatic rings. The van der Waals surface area contributed by atoms with Crippen molar-refractivity contribution in [3.05, 3.63) is 12.2 Å². The van der Waals surface area contributed by atoms with Gasteiger partial charge in [-0.15, -0.1) is 0 Å². The maximum atomic E-state index is 12.4. The van der Waals surface area contributed by atoms with Crippen LogP contribution in [0.2, 0.25) is 0 Å². The lowest BCUT2D eigenvalue weighted by Gasteiger charge is -2.22. The van der Waals surface area contributed by atoms with Gasteiger partial charge in [-0.2, -0.15) is 0 Å². The van der Waals surface area contributed by atoms with Crippen molar-refractivity contribution in [2.24, 2.45) is 0 Å².